The second kappa shape index (κ2) is 6.08. The van der Waals surface area contributed by atoms with Crippen molar-refractivity contribution < 1.29 is 13.9 Å². The second-order valence-corrected chi connectivity index (χ2v) is 4.36. The quantitative estimate of drug-likeness (QED) is 0.725. The Morgan fingerprint density at radius 1 is 1.27 bits per heavy atom. The minimum absolute atomic E-state index is 0.278. The number of aromatic amines is 1. The van der Waals surface area contributed by atoms with Crippen molar-refractivity contribution >= 4 is 11.9 Å². The van der Waals surface area contributed by atoms with E-state index in [1.807, 2.05) is 12.1 Å². The van der Waals surface area contributed by atoms with Crippen LogP contribution in [0.15, 0.2) is 40.8 Å². The summed E-state index contributed by atoms with van der Waals surface area (Å²) in [5.74, 6) is 1.28. The third-order valence-corrected chi connectivity index (χ3v) is 2.96. The van der Waals surface area contributed by atoms with Crippen LogP contribution in [0.25, 0.3) is 16.6 Å². The molecule has 22 heavy (non-hydrogen) atoms. The van der Waals surface area contributed by atoms with Gasteiger partial charge in [0.05, 0.1) is 18.6 Å². The smallest absolute Gasteiger partial charge is 0.337 e. The number of H-pyrrole nitrogens is 1. The molecule has 8 heteroatoms. The molecule has 1 N–H and O–H groups in total. The molecule has 2 aromatic heterocycles. The molecule has 0 aliphatic carbocycles. The van der Waals surface area contributed by atoms with Crippen molar-refractivity contribution in [1.82, 2.24) is 20.6 Å². The lowest BCUT2D eigenvalue weighted by molar-refractivity contribution is 0.0601. The Bertz CT molecular complexity index is 749. The zero-order valence-electron chi connectivity index (χ0n) is 11.7. The highest BCUT2D eigenvalue weighted by Crippen LogP contribution is 2.24. The van der Waals surface area contributed by atoms with Crippen LogP contribution in [0.3, 0.4) is 0 Å². The van der Waals surface area contributed by atoms with E-state index in [2.05, 4.69) is 30.7 Å². The number of tetrazole rings is 1. The van der Waals surface area contributed by atoms with Crippen molar-refractivity contribution in [2.24, 2.45) is 0 Å². The summed E-state index contributed by atoms with van der Waals surface area (Å²) in [4.78, 5) is 11.4. The number of esters is 1. The van der Waals surface area contributed by atoms with Crippen LogP contribution in [0.1, 0.15) is 16.1 Å². The van der Waals surface area contributed by atoms with Crippen molar-refractivity contribution in [1.29, 1.82) is 0 Å². The molecule has 0 spiro atoms. The zero-order valence-corrected chi connectivity index (χ0v) is 11.7. The molecular formula is C14H12N5O3-. The third kappa shape index (κ3) is 2.95. The van der Waals surface area contributed by atoms with E-state index < -0.39 is 0 Å². The van der Waals surface area contributed by atoms with E-state index in [1.54, 1.807) is 24.3 Å². The van der Waals surface area contributed by atoms with Gasteiger partial charge in [-0.2, -0.15) is 0 Å². The van der Waals surface area contributed by atoms with Crippen LogP contribution in [0.5, 0.6) is 0 Å². The fourth-order valence-electron chi connectivity index (χ4n) is 1.88. The van der Waals surface area contributed by atoms with Crippen LogP contribution in [0, 0.1) is 0 Å². The van der Waals surface area contributed by atoms with E-state index in [-0.39, 0.29) is 11.9 Å². The molecule has 0 fully saturated rings. The van der Waals surface area contributed by atoms with Gasteiger partial charge >= 0.3 is 5.97 Å². The first kappa shape index (κ1) is 13.8. The molecule has 0 aliphatic rings. The molecule has 0 radical (unpaired) electrons. The van der Waals surface area contributed by atoms with Crippen LogP contribution in [-0.4, -0.2) is 33.7 Å². The van der Waals surface area contributed by atoms with Gasteiger partial charge in [0.15, 0.2) is 0 Å². The monoisotopic (exact) mass is 298 g/mol. The van der Waals surface area contributed by atoms with Crippen molar-refractivity contribution in [3.8, 4) is 11.3 Å². The topological polar surface area (TPSA) is 108 Å². The van der Waals surface area contributed by atoms with Gasteiger partial charge < -0.3 is 14.5 Å². The molecule has 0 amide bonds. The van der Waals surface area contributed by atoms with Gasteiger partial charge in [0.1, 0.15) is 11.5 Å². The van der Waals surface area contributed by atoms with Gasteiger partial charge in [0.25, 0.3) is 0 Å². The number of methoxy groups -OCH3 is 1. The fourth-order valence-corrected chi connectivity index (χ4v) is 1.88. The average Bonchev–Trinajstić information content (AvgIpc) is 3.24. The SMILES string of the molecule is COC(=O)c1ccc(-c2ccc(C[N-]c3nn[nH]n3)o2)cc1. The minimum Gasteiger partial charge on any atom is -0.465 e. The Morgan fingerprint density at radius 3 is 2.77 bits per heavy atom. The van der Waals surface area contributed by atoms with Gasteiger partial charge in [-0.25, -0.2) is 4.79 Å². The van der Waals surface area contributed by atoms with Gasteiger partial charge in [-0.15, -0.1) is 5.21 Å². The number of nitrogens with zero attached hydrogens (tertiary/aromatic N) is 4. The van der Waals surface area contributed by atoms with Crippen LogP contribution in [-0.2, 0) is 11.3 Å². The van der Waals surface area contributed by atoms with Crippen LogP contribution < -0.4 is 0 Å². The normalized spacial score (nSPS) is 10.4. The van der Waals surface area contributed by atoms with Gasteiger partial charge in [-0.3, -0.25) is 15.4 Å². The van der Waals surface area contributed by atoms with E-state index in [9.17, 15) is 4.79 Å². The molecule has 2 heterocycles. The fraction of sp³-hybridized carbons (Fsp3) is 0.143. The summed E-state index contributed by atoms with van der Waals surface area (Å²) in [6.45, 7) is 0.319. The van der Waals surface area contributed by atoms with Crippen molar-refractivity contribution in [3.63, 3.8) is 0 Å². The number of nitrogens with one attached hydrogen (secondary N) is 1. The second-order valence-electron chi connectivity index (χ2n) is 4.36. The van der Waals surface area contributed by atoms with Gasteiger partial charge in [0, 0.05) is 12.1 Å². The lowest BCUT2D eigenvalue weighted by Gasteiger charge is -2.04. The summed E-state index contributed by atoms with van der Waals surface area (Å²) >= 11 is 0. The highest BCUT2D eigenvalue weighted by atomic mass is 16.5. The maximum Gasteiger partial charge on any atom is 0.337 e. The summed E-state index contributed by atoms with van der Waals surface area (Å²) in [6, 6.07) is 10.6. The van der Waals surface area contributed by atoms with Gasteiger partial charge in [-0.05, 0) is 24.3 Å². The van der Waals surface area contributed by atoms with Gasteiger partial charge in [0.2, 0.25) is 0 Å². The number of rotatable bonds is 5. The van der Waals surface area contributed by atoms with Crippen molar-refractivity contribution in [2.45, 2.75) is 6.54 Å². The Labute approximate surface area is 125 Å². The molecular weight excluding hydrogens is 286 g/mol. The van der Waals surface area contributed by atoms with Crippen molar-refractivity contribution in [3.05, 3.63) is 53.0 Å². The summed E-state index contributed by atoms with van der Waals surface area (Å²) in [6.07, 6.45) is 0. The van der Waals surface area contributed by atoms with Crippen molar-refractivity contribution in [2.75, 3.05) is 7.11 Å². The maximum atomic E-state index is 11.4. The number of carbonyl (C=O) groups excluding carboxylic acids is 1. The number of carbonyl (C=O) groups is 1. The van der Waals surface area contributed by atoms with Crippen LogP contribution in [0.2, 0.25) is 0 Å². The van der Waals surface area contributed by atoms with E-state index in [4.69, 9.17) is 4.42 Å². The van der Waals surface area contributed by atoms with E-state index in [0.29, 0.717) is 23.6 Å². The molecule has 1 aromatic carbocycles. The molecule has 3 rings (SSSR count). The van der Waals surface area contributed by atoms with Crippen LogP contribution in [0.4, 0.5) is 5.95 Å². The highest BCUT2D eigenvalue weighted by molar-refractivity contribution is 5.89. The van der Waals surface area contributed by atoms with Crippen LogP contribution >= 0.6 is 0 Å². The standard InChI is InChI=1S/C14H12N5O3/c1-21-13(20)10-4-2-9(3-5-10)12-7-6-11(22-12)8-15-14-16-18-19-17-14/h2-7H,8H2,1H3,(H-,15,16,17,18,19)/q-1. The Balaban J connectivity index is 1.69. The molecule has 8 nitrogen and oxygen atoms in total. The first-order valence-corrected chi connectivity index (χ1v) is 6.44. The number of benzene rings is 1. The lowest BCUT2D eigenvalue weighted by atomic mass is 10.1. The number of furan rings is 1. The number of ether oxygens (including phenoxy) is 1. The molecule has 0 bridgehead atoms. The molecule has 112 valence electrons. The largest absolute Gasteiger partial charge is 0.465 e. The number of hydrogen-bond donors (Lipinski definition) is 1. The number of hydrogen-bond acceptors (Lipinski definition) is 6. The summed E-state index contributed by atoms with van der Waals surface area (Å²) in [7, 11) is 1.35. The Hall–Kier alpha value is -3.16. The molecule has 0 unspecified atom stereocenters. The lowest BCUT2D eigenvalue weighted by Crippen LogP contribution is -2.00. The molecule has 3 aromatic rings. The predicted octanol–water partition coefficient (Wildman–Crippen LogP) is 2.45. The predicted molar refractivity (Wildman–Crippen MR) is 76.4 cm³/mol. The summed E-state index contributed by atoms with van der Waals surface area (Å²) in [5.41, 5.74) is 1.35. The van der Waals surface area contributed by atoms with E-state index >= 15 is 0 Å². The highest BCUT2D eigenvalue weighted by Gasteiger charge is 2.07. The third-order valence-electron chi connectivity index (χ3n) is 2.96. The Morgan fingerprint density at radius 2 is 2.09 bits per heavy atom. The molecule has 0 aliphatic heterocycles. The molecule has 0 saturated heterocycles. The first-order chi connectivity index (χ1) is 10.8. The van der Waals surface area contributed by atoms with Gasteiger partial charge in [-0.1, -0.05) is 12.1 Å². The van der Waals surface area contributed by atoms with E-state index in [0.717, 1.165) is 5.56 Å². The first-order valence-electron chi connectivity index (χ1n) is 6.44. The Kier molecular flexibility index (Phi) is 3.82. The summed E-state index contributed by atoms with van der Waals surface area (Å²) in [5, 5.41) is 17.3. The number of aromatic nitrogens is 4. The summed E-state index contributed by atoms with van der Waals surface area (Å²) < 4.78 is 10.4. The zero-order chi connectivity index (χ0) is 15.4. The maximum absolute atomic E-state index is 11.4. The minimum atomic E-state index is -0.370. The van der Waals surface area contributed by atoms with E-state index in [1.165, 1.54) is 7.11 Å². The average molecular weight is 298 g/mol. The molecule has 0 saturated carbocycles. The molecule has 0 atom stereocenters.